The Hall–Kier alpha value is -1.02. The third-order valence-corrected chi connectivity index (χ3v) is 2.81. The van der Waals surface area contributed by atoms with Gasteiger partial charge < -0.3 is 11.1 Å². The molecule has 0 heterocycles. The van der Waals surface area contributed by atoms with Crippen LogP contribution in [0.15, 0.2) is 24.3 Å². The predicted molar refractivity (Wildman–Crippen MR) is 66.9 cm³/mol. The van der Waals surface area contributed by atoms with Crippen LogP contribution in [-0.2, 0) is 6.42 Å². The number of hydrogen-bond donors (Lipinski definition) is 2. The highest BCUT2D eigenvalue weighted by Gasteiger charge is 2.01. The third kappa shape index (κ3) is 4.34. The SMILES string of the molecule is CCC(CC)NCCc1ccc(N)cc1. The van der Waals surface area contributed by atoms with Gasteiger partial charge >= 0.3 is 0 Å². The minimum absolute atomic E-state index is 0.666. The molecule has 2 heteroatoms. The van der Waals surface area contributed by atoms with Crippen LogP contribution in [0.1, 0.15) is 32.3 Å². The molecule has 84 valence electrons. The van der Waals surface area contributed by atoms with Crippen molar-refractivity contribution in [2.75, 3.05) is 12.3 Å². The number of rotatable bonds is 6. The third-order valence-electron chi connectivity index (χ3n) is 2.81. The molecule has 0 aliphatic heterocycles. The lowest BCUT2D eigenvalue weighted by molar-refractivity contribution is 0.488. The number of nitrogens with two attached hydrogens (primary N) is 1. The maximum atomic E-state index is 5.63. The summed E-state index contributed by atoms with van der Waals surface area (Å²) in [7, 11) is 0. The first-order valence-corrected chi connectivity index (χ1v) is 5.84. The molecule has 0 unspecified atom stereocenters. The van der Waals surface area contributed by atoms with E-state index in [1.165, 1.54) is 18.4 Å². The van der Waals surface area contributed by atoms with Crippen LogP contribution in [0.5, 0.6) is 0 Å². The van der Waals surface area contributed by atoms with Crippen LogP contribution in [0, 0.1) is 0 Å². The normalized spacial score (nSPS) is 10.9. The molecule has 2 nitrogen and oxygen atoms in total. The zero-order valence-corrected chi connectivity index (χ0v) is 9.79. The molecule has 0 radical (unpaired) electrons. The van der Waals surface area contributed by atoms with Crippen LogP contribution in [-0.4, -0.2) is 12.6 Å². The molecule has 0 fully saturated rings. The van der Waals surface area contributed by atoms with Crippen molar-refractivity contribution in [1.29, 1.82) is 0 Å². The second-order valence-corrected chi connectivity index (χ2v) is 3.96. The Bertz CT molecular complexity index is 262. The quantitative estimate of drug-likeness (QED) is 0.702. The summed E-state index contributed by atoms with van der Waals surface area (Å²) < 4.78 is 0. The molecule has 0 aromatic heterocycles. The fourth-order valence-electron chi connectivity index (χ4n) is 1.68. The minimum atomic E-state index is 0.666. The molecule has 0 aliphatic carbocycles. The lowest BCUT2D eigenvalue weighted by Gasteiger charge is -2.14. The summed E-state index contributed by atoms with van der Waals surface area (Å²) in [5.74, 6) is 0. The van der Waals surface area contributed by atoms with Gasteiger partial charge in [0.25, 0.3) is 0 Å². The maximum absolute atomic E-state index is 5.63. The predicted octanol–water partition coefficient (Wildman–Crippen LogP) is 2.59. The van der Waals surface area contributed by atoms with Crippen molar-refractivity contribution in [3.63, 3.8) is 0 Å². The number of benzene rings is 1. The number of nitrogens with one attached hydrogen (secondary N) is 1. The first kappa shape index (κ1) is 12.1. The van der Waals surface area contributed by atoms with Gasteiger partial charge in [-0.3, -0.25) is 0 Å². The second-order valence-electron chi connectivity index (χ2n) is 3.96. The van der Waals surface area contributed by atoms with E-state index in [0.717, 1.165) is 18.7 Å². The number of anilines is 1. The molecule has 0 spiro atoms. The summed E-state index contributed by atoms with van der Waals surface area (Å²) in [5.41, 5.74) is 7.82. The summed E-state index contributed by atoms with van der Waals surface area (Å²) in [6.07, 6.45) is 3.49. The van der Waals surface area contributed by atoms with Gasteiger partial charge in [0, 0.05) is 11.7 Å². The number of hydrogen-bond acceptors (Lipinski definition) is 2. The van der Waals surface area contributed by atoms with Gasteiger partial charge in [0.2, 0.25) is 0 Å². The van der Waals surface area contributed by atoms with Crippen molar-refractivity contribution < 1.29 is 0 Å². The molecule has 0 aliphatic rings. The molecule has 1 aromatic rings. The van der Waals surface area contributed by atoms with Gasteiger partial charge in [-0.1, -0.05) is 26.0 Å². The summed E-state index contributed by atoms with van der Waals surface area (Å²) in [4.78, 5) is 0. The lowest BCUT2D eigenvalue weighted by Crippen LogP contribution is -2.29. The molecular weight excluding hydrogens is 184 g/mol. The highest BCUT2D eigenvalue weighted by Crippen LogP contribution is 2.06. The average molecular weight is 206 g/mol. The van der Waals surface area contributed by atoms with E-state index in [1.54, 1.807) is 0 Å². The molecular formula is C13H22N2. The Balaban J connectivity index is 2.28. The van der Waals surface area contributed by atoms with Crippen LogP contribution >= 0.6 is 0 Å². The Kier molecular flexibility index (Phi) is 5.19. The Morgan fingerprint density at radius 1 is 1.13 bits per heavy atom. The van der Waals surface area contributed by atoms with Crippen molar-refractivity contribution in [1.82, 2.24) is 5.32 Å². The van der Waals surface area contributed by atoms with Gasteiger partial charge in [0.15, 0.2) is 0 Å². The van der Waals surface area contributed by atoms with Gasteiger partial charge in [-0.15, -0.1) is 0 Å². The summed E-state index contributed by atoms with van der Waals surface area (Å²) in [6, 6.07) is 8.80. The Labute approximate surface area is 92.9 Å². The van der Waals surface area contributed by atoms with Crippen LogP contribution in [0.3, 0.4) is 0 Å². The fourth-order valence-corrected chi connectivity index (χ4v) is 1.68. The van der Waals surface area contributed by atoms with E-state index in [9.17, 15) is 0 Å². The van der Waals surface area contributed by atoms with E-state index >= 15 is 0 Å². The van der Waals surface area contributed by atoms with Crippen LogP contribution in [0.4, 0.5) is 5.69 Å². The van der Waals surface area contributed by atoms with Crippen molar-refractivity contribution in [2.45, 2.75) is 39.2 Å². The van der Waals surface area contributed by atoms with Crippen LogP contribution < -0.4 is 11.1 Å². The molecule has 0 amide bonds. The van der Waals surface area contributed by atoms with Gasteiger partial charge in [-0.05, 0) is 43.5 Å². The molecule has 0 saturated heterocycles. The minimum Gasteiger partial charge on any atom is -0.399 e. The monoisotopic (exact) mass is 206 g/mol. The summed E-state index contributed by atoms with van der Waals surface area (Å²) in [6.45, 7) is 5.50. The van der Waals surface area contributed by atoms with E-state index in [2.05, 4.69) is 31.3 Å². The van der Waals surface area contributed by atoms with Gasteiger partial charge in [-0.2, -0.15) is 0 Å². The summed E-state index contributed by atoms with van der Waals surface area (Å²) >= 11 is 0. The average Bonchev–Trinajstić information content (AvgIpc) is 2.27. The van der Waals surface area contributed by atoms with Crippen molar-refractivity contribution in [3.05, 3.63) is 29.8 Å². The standard InChI is InChI=1S/C13H22N2/c1-3-13(4-2)15-10-9-11-5-7-12(14)8-6-11/h5-8,13,15H,3-4,9-10,14H2,1-2H3. The zero-order valence-electron chi connectivity index (χ0n) is 9.79. The smallest absolute Gasteiger partial charge is 0.0314 e. The zero-order chi connectivity index (χ0) is 11.1. The van der Waals surface area contributed by atoms with Gasteiger partial charge in [0.1, 0.15) is 0 Å². The molecule has 15 heavy (non-hydrogen) atoms. The lowest BCUT2D eigenvalue weighted by atomic mass is 10.1. The number of nitrogen functional groups attached to an aromatic ring is 1. The molecule has 0 saturated carbocycles. The van der Waals surface area contributed by atoms with Crippen molar-refractivity contribution >= 4 is 5.69 Å². The Morgan fingerprint density at radius 2 is 1.73 bits per heavy atom. The maximum Gasteiger partial charge on any atom is 0.0314 e. The largest absolute Gasteiger partial charge is 0.399 e. The van der Waals surface area contributed by atoms with Gasteiger partial charge in [0.05, 0.1) is 0 Å². The van der Waals surface area contributed by atoms with Crippen LogP contribution in [0.2, 0.25) is 0 Å². The highest BCUT2D eigenvalue weighted by atomic mass is 14.9. The molecule has 1 rings (SSSR count). The first-order chi connectivity index (χ1) is 7.26. The van der Waals surface area contributed by atoms with Gasteiger partial charge in [-0.25, -0.2) is 0 Å². The molecule has 1 aromatic carbocycles. The first-order valence-electron chi connectivity index (χ1n) is 5.84. The van der Waals surface area contributed by atoms with Crippen molar-refractivity contribution in [2.24, 2.45) is 0 Å². The topological polar surface area (TPSA) is 38.0 Å². The highest BCUT2D eigenvalue weighted by molar-refractivity contribution is 5.39. The Morgan fingerprint density at radius 3 is 2.27 bits per heavy atom. The van der Waals surface area contributed by atoms with Crippen molar-refractivity contribution in [3.8, 4) is 0 Å². The second kappa shape index (κ2) is 6.46. The van der Waals surface area contributed by atoms with E-state index in [4.69, 9.17) is 5.73 Å². The van der Waals surface area contributed by atoms with E-state index in [0.29, 0.717) is 6.04 Å². The summed E-state index contributed by atoms with van der Waals surface area (Å²) in [5, 5.41) is 3.55. The molecule has 0 bridgehead atoms. The molecule has 3 N–H and O–H groups in total. The van der Waals surface area contributed by atoms with E-state index < -0.39 is 0 Å². The molecule has 0 atom stereocenters. The van der Waals surface area contributed by atoms with Crippen LogP contribution in [0.25, 0.3) is 0 Å². The van der Waals surface area contributed by atoms with E-state index in [-0.39, 0.29) is 0 Å². The fraction of sp³-hybridized carbons (Fsp3) is 0.538. The van der Waals surface area contributed by atoms with E-state index in [1.807, 2.05) is 12.1 Å².